The molecule has 5 nitrogen and oxygen atoms in total. The molecule has 1 saturated heterocycles. The van der Waals surface area contributed by atoms with Crippen LogP contribution in [-0.2, 0) is 16.3 Å². The highest BCUT2D eigenvalue weighted by molar-refractivity contribution is 7.91. The van der Waals surface area contributed by atoms with Crippen LogP contribution < -0.4 is 5.32 Å². The van der Waals surface area contributed by atoms with Crippen molar-refractivity contribution in [2.45, 2.75) is 44.7 Å². The number of hydrogen-bond acceptors (Lipinski definition) is 3. The minimum Gasteiger partial charge on any atom is -0.331 e. The molecule has 0 aromatic heterocycles. The van der Waals surface area contributed by atoms with Crippen LogP contribution in [0, 0.1) is 0 Å². The first-order valence-corrected chi connectivity index (χ1v) is 10.1. The Morgan fingerprint density at radius 2 is 2.04 bits per heavy atom. The third kappa shape index (κ3) is 3.68. The summed E-state index contributed by atoms with van der Waals surface area (Å²) in [6.45, 7) is 2.08. The number of amides is 2. The second-order valence-corrected chi connectivity index (χ2v) is 8.83. The molecule has 23 heavy (non-hydrogen) atoms. The number of carbonyl (C=O) groups excluding carboxylic acids is 1. The van der Waals surface area contributed by atoms with Crippen molar-refractivity contribution >= 4 is 15.9 Å². The molecule has 1 aliphatic carbocycles. The molecule has 2 aliphatic rings. The third-order valence-corrected chi connectivity index (χ3v) is 6.64. The second kappa shape index (κ2) is 6.51. The van der Waals surface area contributed by atoms with Crippen molar-refractivity contribution in [2.24, 2.45) is 0 Å². The summed E-state index contributed by atoms with van der Waals surface area (Å²) in [4.78, 5) is 14.3. The topological polar surface area (TPSA) is 66.5 Å². The molecule has 2 amide bonds. The number of aryl methyl sites for hydroxylation is 1. The lowest BCUT2D eigenvalue weighted by atomic mass is 9.99. The molecule has 0 bridgehead atoms. The Labute approximate surface area is 138 Å². The molecule has 0 radical (unpaired) electrons. The molecule has 1 fully saturated rings. The van der Waals surface area contributed by atoms with E-state index < -0.39 is 9.84 Å². The fraction of sp³-hybridized carbons (Fsp3) is 0.588. The SMILES string of the molecule is C[C@@H]1CS(=O)(=O)CCN1C(=O)N[C@@H]1CCCCc2ccccc21. The van der Waals surface area contributed by atoms with E-state index in [1.807, 2.05) is 12.1 Å². The quantitative estimate of drug-likeness (QED) is 0.800. The number of fused-ring (bicyclic) bond motifs is 1. The van der Waals surface area contributed by atoms with Crippen LogP contribution in [0.25, 0.3) is 0 Å². The smallest absolute Gasteiger partial charge is 0.318 e. The van der Waals surface area contributed by atoms with E-state index in [-0.39, 0.29) is 36.2 Å². The van der Waals surface area contributed by atoms with Crippen molar-refractivity contribution in [1.29, 1.82) is 0 Å². The van der Waals surface area contributed by atoms with Gasteiger partial charge in [-0.2, -0.15) is 0 Å². The lowest BCUT2D eigenvalue weighted by Gasteiger charge is -2.34. The van der Waals surface area contributed by atoms with Crippen LogP contribution >= 0.6 is 0 Å². The first kappa shape index (κ1) is 16.3. The molecule has 6 heteroatoms. The number of rotatable bonds is 1. The number of nitrogens with one attached hydrogen (secondary N) is 1. The monoisotopic (exact) mass is 336 g/mol. The van der Waals surface area contributed by atoms with Crippen LogP contribution in [0.4, 0.5) is 4.79 Å². The van der Waals surface area contributed by atoms with Crippen molar-refractivity contribution in [3.8, 4) is 0 Å². The van der Waals surface area contributed by atoms with Crippen molar-refractivity contribution in [3.05, 3.63) is 35.4 Å². The highest BCUT2D eigenvalue weighted by Gasteiger charge is 2.32. The summed E-state index contributed by atoms with van der Waals surface area (Å²) in [5.41, 5.74) is 2.51. The third-order valence-electron chi connectivity index (χ3n) is 4.85. The van der Waals surface area contributed by atoms with Gasteiger partial charge in [0.05, 0.1) is 17.5 Å². The Morgan fingerprint density at radius 1 is 1.26 bits per heavy atom. The zero-order chi connectivity index (χ0) is 16.4. The van der Waals surface area contributed by atoms with Crippen LogP contribution in [0.15, 0.2) is 24.3 Å². The summed E-state index contributed by atoms with van der Waals surface area (Å²) in [5, 5.41) is 3.13. The average molecular weight is 336 g/mol. The Balaban J connectivity index is 1.73. The maximum Gasteiger partial charge on any atom is 0.318 e. The van der Waals surface area contributed by atoms with Crippen LogP contribution in [0.2, 0.25) is 0 Å². The lowest BCUT2D eigenvalue weighted by molar-refractivity contribution is 0.180. The molecular weight excluding hydrogens is 312 g/mol. The first-order chi connectivity index (χ1) is 11.0. The van der Waals surface area contributed by atoms with E-state index in [4.69, 9.17) is 0 Å². The number of hydrogen-bond donors (Lipinski definition) is 1. The number of carbonyl (C=O) groups is 1. The van der Waals surface area contributed by atoms with Gasteiger partial charge in [-0.1, -0.05) is 30.7 Å². The fourth-order valence-corrected chi connectivity index (χ4v) is 5.16. The minimum absolute atomic E-state index is 0.0203. The number of sulfone groups is 1. The van der Waals surface area contributed by atoms with Crippen molar-refractivity contribution < 1.29 is 13.2 Å². The lowest BCUT2D eigenvalue weighted by Crippen LogP contribution is -2.53. The van der Waals surface area contributed by atoms with Gasteiger partial charge in [0.2, 0.25) is 0 Å². The van der Waals surface area contributed by atoms with E-state index in [0.717, 1.165) is 25.7 Å². The van der Waals surface area contributed by atoms with Gasteiger partial charge in [0.15, 0.2) is 9.84 Å². The number of urea groups is 1. The van der Waals surface area contributed by atoms with Gasteiger partial charge >= 0.3 is 6.03 Å². The van der Waals surface area contributed by atoms with Crippen LogP contribution in [0.1, 0.15) is 43.4 Å². The number of benzene rings is 1. The molecule has 1 aromatic rings. The van der Waals surface area contributed by atoms with Crippen LogP contribution in [0.5, 0.6) is 0 Å². The Hall–Kier alpha value is -1.56. The second-order valence-electron chi connectivity index (χ2n) is 6.60. The van der Waals surface area contributed by atoms with Crippen molar-refractivity contribution in [1.82, 2.24) is 10.2 Å². The summed E-state index contributed by atoms with van der Waals surface area (Å²) in [6.07, 6.45) is 4.22. The average Bonchev–Trinajstić information content (AvgIpc) is 2.69. The van der Waals surface area contributed by atoms with Gasteiger partial charge in [-0.3, -0.25) is 0 Å². The maximum absolute atomic E-state index is 12.6. The van der Waals surface area contributed by atoms with Crippen molar-refractivity contribution in [2.75, 3.05) is 18.1 Å². The molecule has 1 aliphatic heterocycles. The zero-order valence-electron chi connectivity index (χ0n) is 13.5. The van der Waals surface area contributed by atoms with Crippen LogP contribution in [0.3, 0.4) is 0 Å². The largest absolute Gasteiger partial charge is 0.331 e. The molecule has 1 aromatic carbocycles. The van der Waals surface area contributed by atoms with Gasteiger partial charge in [0, 0.05) is 12.6 Å². The van der Waals surface area contributed by atoms with E-state index in [1.54, 1.807) is 11.8 Å². The van der Waals surface area contributed by atoms with Crippen LogP contribution in [-0.4, -0.2) is 43.4 Å². The summed E-state index contributed by atoms with van der Waals surface area (Å²) >= 11 is 0. The van der Waals surface area contributed by atoms with Gasteiger partial charge in [-0.15, -0.1) is 0 Å². The predicted octanol–water partition coefficient (Wildman–Crippen LogP) is 2.28. The Morgan fingerprint density at radius 3 is 2.83 bits per heavy atom. The normalized spacial score (nSPS) is 26.9. The highest BCUT2D eigenvalue weighted by Crippen LogP contribution is 2.28. The molecule has 1 N–H and O–H groups in total. The Kier molecular flexibility index (Phi) is 4.62. The van der Waals surface area contributed by atoms with Gasteiger partial charge in [0.1, 0.15) is 0 Å². The van der Waals surface area contributed by atoms with Crippen molar-refractivity contribution in [3.63, 3.8) is 0 Å². The van der Waals surface area contributed by atoms with E-state index in [9.17, 15) is 13.2 Å². The van der Waals surface area contributed by atoms with Gasteiger partial charge in [-0.25, -0.2) is 13.2 Å². The van der Waals surface area contributed by atoms with E-state index >= 15 is 0 Å². The summed E-state index contributed by atoms with van der Waals surface area (Å²) in [7, 11) is -3.01. The van der Waals surface area contributed by atoms with Gasteiger partial charge in [0.25, 0.3) is 0 Å². The highest BCUT2D eigenvalue weighted by atomic mass is 32.2. The summed E-state index contributed by atoms with van der Waals surface area (Å²) in [6, 6.07) is 7.89. The molecule has 126 valence electrons. The van der Waals surface area contributed by atoms with E-state index in [2.05, 4.69) is 17.4 Å². The minimum atomic E-state index is -3.01. The molecule has 1 heterocycles. The summed E-state index contributed by atoms with van der Waals surface area (Å²) < 4.78 is 23.3. The van der Waals surface area contributed by atoms with E-state index in [0.29, 0.717) is 0 Å². The maximum atomic E-state index is 12.6. The van der Waals surface area contributed by atoms with Gasteiger partial charge in [-0.05, 0) is 37.3 Å². The summed E-state index contributed by atoms with van der Waals surface area (Å²) in [5.74, 6) is 0.119. The zero-order valence-corrected chi connectivity index (χ0v) is 14.3. The molecule has 0 spiro atoms. The first-order valence-electron chi connectivity index (χ1n) is 8.31. The fourth-order valence-electron chi connectivity index (χ4n) is 3.60. The molecule has 3 rings (SSSR count). The Bertz CT molecular complexity index is 687. The van der Waals surface area contributed by atoms with Gasteiger partial charge < -0.3 is 10.2 Å². The standard InChI is InChI=1S/C17H24N2O3S/c1-13-12-23(21,22)11-10-19(13)17(20)18-16-9-5-3-7-14-6-2-4-8-15(14)16/h2,4,6,8,13,16H,3,5,7,9-12H2,1H3,(H,18,20)/t13-,16-/m1/s1. The molecule has 0 saturated carbocycles. The predicted molar refractivity (Wildman–Crippen MR) is 90.1 cm³/mol. The molecule has 2 atom stereocenters. The molecular formula is C17H24N2O3S. The number of nitrogens with zero attached hydrogens (tertiary/aromatic N) is 1. The van der Waals surface area contributed by atoms with E-state index in [1.165, 1.54) is 11.1 Å². The molecule has 0 unspecified atom stereocenters.